The minimum absolute atomic E-state index is 0.401. The highest BCUT2D eigenvalue weighted by Crippen LogP contribution is 2.18. The van der Waals surface area contributed by atoms with Gasteiger partial charge in [-0.2, -0.15) is 0 Å². The minimum atomic E-state index is 0.401. The van der Waals surface area contributed by atoms with Crippen molar-refractivity contribution in [1.29, 1.82) is 0 Å². The van der Waals surface area contributed by atoms with Crippen molar-refractivity contribution in [2.75, 3.05) is 20.2 Å². The Morgan fingerprint density at radius 3 is 2.86 bits per heavy atom. The van der Waals surface area contributed by atoms with E-state index < -0.39 is 0 Å². The maximum atomic E-state index is 5.84. The van der Waals surface area contributed by atoms with E-state index in [9.17, 15) is 0 Å². The molecule has 120 valence electrons. The zero-order valence-corrected chi connectivity index (χ0v) is 13.9. The summed E-state index contributed by atoms with van der Waals surface area (Å²) in [5.41, 5.74) is 1.29. The van der Waals surface area contributed by atoms with Gasteiger partial charge >= 0.3 is 0 Å². The molecule has 0 aromatic carbocycles. The summed E-state index contributed by atoms with van der Waals surface area (Å²) in [5, 5.41) is 3.39. The number of hydrogen-bond donors (Lipinski definition) is 1. The molecule has 1 unspecified atom stereocenters. The van der Waals surface area contributed by atoms with Crippen LogP contribution in [-0.2, 0) is 17.8 Å². The molecule has 0 bridgehead atoms. The number of furan rings is 1. The highest BCUT2D eigenvalue weighted by atomic mass is 16.5. The predicted molar refractivity (Wildman–Crippen MR) is 85.3 cm³/mol. The average Bonchev–Trinajstić information content (AvgIpc) is 2.78. The third-order valence-electron chi connectivity index (χ3n) is 3.99. The first-order valence-corrected chi connectivity index (χ1v) is 8.16. The second-order valence-corrected chi connectivity index (χ2v) is 6.52. The molecular weight excluding hydrogens is 264 g/mol. The van der Waals surface area contributed by atoms with Crippen LogP contribution in [0.1, 0.15) is 50.2 Å². The predicted octanol–water partition coefficient (Wildman–Crippen LogP) is 3.09. The summed E-state index contributed by atoms with van der Waals surface area (Å²) in [6, 6.07) is 2.66. The standard InChI is InChI=1S/C17H30N2O2/c1-13(2)18-10-17-9-15(14(3)21-17)11-19(4)12-16-7-5-6-8-20-16/h9,13,16,18H,5-8,10-12H2,1-4H3. The fourth-order valence-electron chi connectivity index (χ4n) is 2.79. The topological polar surface area (TPSA) is 37.6 Å². The summed E-state index contributed by atoms with van der Waals surface area (Å²) < 4.78 is 11.6. The summed E-state index contributed by atoms with van der Waals surface area (Å²) in [5.74, 6) is 2.06. The zero-order chi connectivity index (χ0) is 15.2. The molecule has 1 aromatic heterocycles. The summed E-state index contributed by atoms with van der Waals surface area (Å²) in [6.07, 6.45) is 4.11. The summed E-state index contributed by atoms with van der Waals surface area (Å²) in [7, 11) is 2.16. The highest BCUT2D eigenvalue weighted by molar-refractivity contribution is 5.20. The largest absolute Gasteiger partial charge is 0.465 e. The van der Waals surface area contributed by atoms with Gasteiger partial charge in [-0.1, -0.05) is 13.8 Å². The van der Waals surface area contributed by atoms with E-state index >= 15 is 0 Å². The van der Waals surface area contributed by atoms with Crippen LogP contribution in [0.2, 0.25) is 0 Å². The lowest BCUT2D eigenvalue weighted by atomic mass is 10.1. The van der Waals surface area contributed by atoms with Crippen molar-refractivity contribution < 1.29 is 9.15 Å². The van der Waals surface area contributed by atoms with E-state index in [-0.39, 0.29) is 0 Å². The molecule has 2 rings (SSSR count). The molecule has 0 saturated carbocycles. The monoisotopic (exact) mass is 294 g/mol. The van der Waals surface area contributed by atoms with Crippen molar-refractivity contribution >= 4 is 0 Å². The van der Waals surface area contributed by atoms with Gasteiger partial charge in [0.25, 0.3) is 0 Å². The Balaban J connectivity index is 1.83. The number of rotatable bonds is 7. The lowest BCUT2D eigenvalue weighted by Gasteiger charge is -2.27. The Morgan fingerprint density at radius 1 is 1.38 bits per heavy atom. The smallest absolute Gasteiger partial charge is 0.118 e. The van der Waals surface area contributed by atoms with Crippen molar-refractivity contribution in [2.45, 2.75) is 65.3 Å². The molecule has 1 aliphatic heterocycles. The van der Waals surface area contributed by atoms with Gasteiger partial charge in [-0.3, -0.25) is 4.90 Å². The SMILES string of the molecule is Cc1oc(CNC(C)C)cc1CN(C)CC1CCCCO1. The quantitative estimate of drug-likeness (QED) is 0.838. The van der Waals surface area contributed by atoms with Crippen LogP contribution in [0, 0.1) is 6.92 Å². The second-order valence-electron chi connectivity index (χ2n) is 6.52. The van der Waals surface area contributed by atoms with Gasteiger partial charge in [-0.05, 0) is 39.3 Å². The van der Waals surface area contributed by atoms with Crippen LogP contribution in [0.25, 0.3) is 0 Å². The molecule has 2 heterocycles. The van der Waals surface area contributed by atoms with Crippen molar-refractivity contribution in [3.63, 3.8) is 0 Å². The Kier molecular flexibility index (Phi) is 6.27. The zero-order valence-electron chi connectivity index (χ0n) is 13.9. The molecule has 1 saturated heterocycles. The number of likely N-dealkylation sites (N-methyl/N-ethyl adjacent to an activating group) is 1. The highest BCUT2D eigenvalue weighted by Gasteiger charge is 2.17. The first kappa shape index (κ1) is 16.5. The first-order valence-electron chi connectivity index (χ1n) is 8.16. The number of hydrogen-bond acceptors (Lipinski definition) is 4. The van der Waals surface area contributed by atoms with Crippen molar-refractivity contribution in [3.8, 4) is 0 Å². The van der Waals surface area contributed by atoms with Crippen molar-refractivity contribution in [2.24, 2.45) is 0 Å². The molecule has 4 nitrogen and oxygen atoms in total. The van der Waals surface area contributed by atoms with Crippen LogP contribution < -0.4 is 5.32 Å². The van der Waals surface area contributed by atoms with Crippen LogP contribution in [0.5, 0.6) is 0 Å². The third kappa shape index (κ3) is 5.46. The summed E-state index contributed by atoms with van der Waals surface area (Å²) in [4.78, 5) is 2.34. The van der Waals surface area contributed by atoms with Gasteiger partial charge in [-0.25, -0.2) is 0 Å². The van der Waals surface area contributed by atoms with E-state index in [0.717, 1.165) is 37.8 Å². The maximum absolute atomic E-state index is 5.84. The minimum Gasteiger partial charge on any atom is -0.465 e. The van der Waals surface area contributed by atoms with E-state index in [0.29, 0.717) is 12.1 Å². The Hall–Kier alpha value is -0.840. The van der Waals surface area contributed by atoms with E-state index in [4.69, 9.17) is 9.15 Å². The van der Waals surface area contributed by atoms with Gasteiger partial charge in [0.15, 0.2) is 0 Å². The van der Waals surface area contributed by atoms with Gasteiger partial charge in [0.2, 0.25) is 0 Å². The number of nitrogens with zero attached hydrogens (tertiary/aromatic N) is 1. The van der Waals surface area contributed by atoms with E-state index in [2.05, 4.69) is 44.1 Å². The normalized spacial score (nSPS) is 19.6. The summed E-state index contributed by atoms with van der Waals surface area (Å²) in [6.45, 7) is 10.0. The third-order valence-corrected chi connectivity index (χ3v) is 3.99. The van der Waals surface area contributed by atoms with Crippen LogP contribution in [-0.4, -0.2) is 37.2 Å². The molecule has 1 aromatic rings. The van der Waals surface area contributed by atoms with Gasteiger partial charge in [0.05, 0.1) is 12.6 Å². The molecule has 4 heteroatoms. The van der Waals surface area contributed by atoms with E-state index in [1.54, 1.807) is 0 Å². The van der Waals surface area contributed by atoms with Crippen LogP contribution >= 0.6 is 0 Å². The lowest BCUT2D eigenvalue weighted by molar-refractivity contribution is -0.00264. The molecule has 1 atom stereocenters. The van der Waals surface area contributed by atoms with Crippen LogP contribution in [0.15, 0.2) is 10.5 Å². The Morgan fingerprint density at radius 2 is 2.19 bits per heavy atom. The number of ether oxygens (including phenoxy) is 1. The van der Waals surface area contributed by atoms with Gasteiger partial charge in [0.1, 0.15) is 11.5 Å². The Bertz CT molecular complexity index is 422. The fraction of sp³-hybridized carbons (Fsp3) is 0.765. The first-order chi connectivity index (χ1) is 10.0. The number of nitrogens with one attached hydrogen (secondary N) is 1. The molecular formula is C17H30N2O2. The molecule has 0 aliphatic carbocycles. The van der Waals surface area contributed by atoms with Crippen molar-refractivity contribution in [3.05, 3.63) is 23.2 Å². The molecule has 1 aliphatic rings. The fourth-order valence-corrected chi connectivity index (χ4v) is 2.79. The number of aryl methyl sites for hydroxylation is 1. The van der Waals surface area contributed by atoms with Crippen molar-refractivity contribution in [1.82, 2.24) is 10.2 Å². The van der Waals surface area contributed by atoms with Gasteiger partial charge in [0, 0.05) is 31.3 Å². The van der Waals surface area contributed by atoms with E-state index in [1.807, 2.05) is 0 Å². The van der Waals surface area contributed by atoms with Gasteiger partial charge in [-0.15, -0.1) is 0 Å². The molecule has 0 radical (unpaired) electrons. The molecule has 1 N–H and O–H groups in total. The maximum Gasteiger partial charge on any atom is 0.118 e. The molecule has 0 amide bonds. The molecule has 21 heavy (non-hydrogen) atoms. The average molecular weight is 294 g/mol. The second kappa shape index (κ2) is 7.97. The van der Waals surface area contributed by atoms with E-state index in [1.165, 1.54) is 24.8 Å². The van der Waals surface area contributed by atoms with Crippen LogP contribution in [0.4, 0.5) is 0 Å². The molecule has 0 spiro atoms. The summed E-state index contributed by atoms with van der Waals surface area (Å²) >= 11 is 0. The lowest BCUT2D eigenvalue weighted by Crippen LogP contribution is -2.33. The van der Waals surface area contributed by atoms with Crippen LogP contribution in [0.3, 0.4) is 0 Å². The Labute approximate surface area is 128 Å². The molecule has 1 fully saturated rings. The van der Waals surface area contributed by atoms with Gasteiger partial charge < -0.3 is 14.5 Å².